The number of ether oxygens (including phenoxy) is 4. The molecule has 0 N–H and O–H groups in total. The Bertz CT molecular complexity index is 575. The molecule has 2 rings (SSSR count). The minimum absolute atomic E-state index is 0. The van der Waals surface area contributed by atoms with Crippen LogP contribution in [0.3, 0.4) is 0 Å². The largest absolute Gasteiger partial charge is 0.813 e. The van der Waals surface area contributed by atoms with E-state index in [4.69, 9.17) is 31.6 Å². The summed E-state index contributed by atoms with van der Waals surface area (Å²) in [5.41, 5.74) is 0. The molecule has 0 amide bonds. The molecule has 0 unspecified atom stereocenters. The first-order valence-corrected chi connectivity index (χ1v) is 7.24. The van der Waals surface area contributed by atoms with E-state index in [9.17, 15) is 0 Å². The molecule has 0 fully saturated rings. The Labute approximate surface area is 234 Å². The Hall–Kier alpha value is 0.758. The second-order valence-corrected chi connectivity index (χ2v) is 5.13. The maximum atomic E-state index is 5.00. The number of hydrogen-bond donors (Lipinski definition) is 0. The average Bonchev–Trinajstić information content (AvgIpc) is 2.55. The third-order valence-electron chi connectivity index (χ3n) is 2.40. The van der Waals surface area contributed by atoms with E-state index in [0.29, 0.717) is 28.2 Å². The molecule has 0 aromatic carbocycles. The molecule has 0 spiro atoms. The Morgan fingerprint density at radius 3 is 1.59 bits per heavy atom. The molecule has 0 aliphatic rings. The van der Waals surface area contributed by atoms with Crippen molar-refractivity contribution in [3.8, 4) is 23.3 Å². The van der Waals surface area contributed by atoms with Gasteiger partial charge in [0.25, 0.3) is 11.8 Å². The predicted molar refractivity (Wildman–Crippen MR) is 110 cm³/mol. The molecule has 0 saturated carbocycles. The van der Waals surface area contributed by atoms with Gasteiger partial charge < -0.3 is 59.9 Å². The smallest absolute Gasteiger partial charge is 0.256 e. The number of pyridine rings is 2. The van der Waals surface area contributed by atoms with E-state index in [2.05, 4.69) is 25.9 Å². The van der Waals surface area contributed by atoms with Crippen molar-refractivity contribution >= 4 is 42.1 Å². The number of nitrogens with zero attached hydrogens (tertiary/aromatic N) is 2. The summed E-state index contributed by atoms with van der Waals surface area (Å²) < 4.78 is 20.7. The monoisotopic (exact) mass is 628 g/mol. The van der Waals surface area contributed by atoms with E-state index in [1.165, 1.54) is 7.11 Å². The van der Waals surface area contributed by atoms with Gasteiger partial charge >= 0.3 is 0 Å². The fourth-order valence-corrected chi connectivity index (χ4v) is 1.89. The second kappa shape index (κ2) is 21.5. The van der Waals surface area contributed by atoms with Gasteiger partial charge in [-0.25, -0.2) is 9.97 Å². The zero-order chi connectivity index (χ0) is 16.5. The van der Waals surface area contributed by atoms with Crippen molar-refractivity contribution in [1.82, 2.24) is 9.97 Å². The fraction of sp³-hybridized carbons (Fsp3) is 0.250. The summed E-state index contributed by atoms with van der Waals surface area (Å²) in [4.78, 5) is 8.53. The van der Waals surface area contributed by atoms with Crippen LogP contribution in [0.5, 0.6) is 23.3 Å². The maximum absolute atomic E-state index is 5.00. The van der Waals surface area contributed by atoms with Crippen LogP contribution in [-0.2, 0) is 91.5 Å². The third kappa shape index (κ3) is 13.6. The maximum Gasteiger partial charge on any atom is 0.256 e. The van der Waals surface area contributed by atoms with Gasteiger partial charge in [-0.2, -0.15) is 4.90 Å². The Morgan fingerprint density at radius 2 is 1.19 bits per heavy atom. The van der Waals surface area contributed by atoms with Gasteiger partial charge in [0.05, 0.1) is 28.4 Å². The van der Waals surface area contributed by atoms with E-state index in [-0.39, 0.29) is 93.8 Å². The number of halogens is 1. The van der Waals surface area contributed by atoms with Gasteiger partial charge in [0.2, 0.25) is 0 Å². The van der Waals surface area contributed by atoms with Gasteiger partial charge in [-0.05, 0) is 22.0 Å². The summed E-state index contributed by atoms with van der Waals surface area (Å²) in [5.74, 6) is 2.15. The minimum atomic E-state index is 0. The molecule has 150 valence electrons. The van der Waals surface area contributed by atoms with Crippen molar-refractivity contribution in [1.29, 1.82) is 0 Å². The summed E-state index contributed by atoms with van der Waals surface area (Å²) in [5, 5.41) is 0. The predicted octanol–water partition coefficient (Wildman–Crippen LogP) is 3.49. The number of rotatable bonds is 4. The summed E-state index contributed by atoms with van der Waals surface area (Å²) in [7, 11) is 6.22. The van der Waals surface area contributed by atoms with Crippen molar-refractivity contribution in [2.24, 2.45) is 0 Å². The van der Waals surface area contributed by atoms with Crippen LogP contribution in [0, 0.1) is 14.9 Å². The molecule has 0 bridgehead atoms. The van der Waals surface area contributed by atoms with Gasteiger partial charge in [-0.15, -0.1) is 0 Å². The summed E-state index contributed by atoms with van der Waals surface area (Å²) >= 11 is 8.14. The fourth-order valence-electron chi connectivity index (χ4n) is 1.42. The normalized spacial score (nSPS) is 7.59. The molecule has 6 nitrogen and oxygen atoms in total. The molecule has 0 saturated heterocycles. The van der Waals surface area contributed by atoms with Gasteiger partial charge in [-0.1, -0.05) is 0 Å². The van der Waals surface area contributed by atoms with Crippen molar-refractivity contribution in [2.75, 3.05) is 28.4 Å². The second-order valence-electron chi connectivity index (χ2n) is 3.75. The van der Waals surface area contributed by atoms with Crippen molar-refractivity contribution in [3.63, 3.8) is 0 Å². The number of hydrogen-bond acceptors (Lipinski definition) is 8. The molecule has 27 heavy (non-hydrogen) atoms. The third-order valence-corrected chi connectivity index (χ3v) is 3.06. The molecule has 0 aliphatic carbocycles. The van der Waals surface area contributed by atoms with Gasteiger partial charge in [0.15, 0.2) is 11.5 Å². The Kier molecular flexibility index (Phi) is 30.5. The number of methoxy groups -OCH3 is 4. The first-order chi connectivity index (χ1) is 10.5. The van der Waals surface area contributed by atoms with E-state index in [1.54, 1.807) is 45.9 Å². The van der Waals surface area contributed by atoms with Crippen LogP contribution in [0.15, 0.2) is 33.9 Å². The Morgan fingerprint density at radius 1 is 0.778 bits per heavy atom. The minimum Gasteiger partial charge on any atom is -0.813 e. The topological polar surface area (TPSA) is 62.7 Å². The standard InChI is InChI=1S/C7H8BrNO2.C7H9NO2S.2CH3.H2S.2Y/c1-10-6-3-5(8)4-9-7(6)11-2;1-9-6-3-5(11)4-8-7(6)10-2;;;;;/h3-4H,1-2H3;3-4,11H,1-2H3;2*1H3;1H2;;/q;;2*-1;;;/p-2. The van der Waals surface area contributed by atoms with E-state index in [1.807, 2.05) is 0 Å². The molecule has 2 radical (unpaired) electrons. The summed E-state index contributed by atoms with van der Waals surface area (Å²) in [6.45, 7) is 0. The van der Waals surface area contributed by atoms with E-state index < -0.39 is 0 Å². The van der Waals surface area contributed by atoms with Crippen LogP contribution in [0.4, 0.5) is 0 Å². The molecule has 2 aromatic heterocycles. The zero-order valence-electron chi connectivity index (χ0n) is 16.2. The molecule has 2 heterocycles. The van der Waals surface area contributed by atoms with Crippen LogP contribution >= 0.6 is 15.9 Å². The van der Waals surface area contributed by atoms with Crippen LogP contribution in [-0.4, -0.2) is 38.4 Å². The summed E-state index contributed by atoms with van der Waals surface area (Å²) in [6.07, 6.45) is 3.21. The first kappa shape index (κ1) is 38.4. The zero-order valence-corrected chi connectivity index (χ0v) is 25.2. The molecular weight excluding hydrogens is 606 g/mol. The van der Waals surface area contributed by atoms with Crippen LogP contribution in [0.25, 0.3) is 0 Å². The quantitative estimate of drug-likeness (QED) is 0.290. The van der Waals surface area contributed by atoms with Crippen molar-refractivity contribution < 1.29 is 84.4 Å². The molecule has 2 aromatic rings. The first-order valence-electron chi connectivity index (χ1n) is 6.04. The molecule has 0 aliphatic heterocycles. The van der Waals surface area contributed by atoms with Crippen molar-refractivity contribution in [2.45, 2.75) is 4.90 Å². The molecular formula is C16H23BrN2O4S2Y2-4. The van der Waals surface area contributed by atoms with E-state index in [0.717, 1.165) is 4.47 Å². The average molecular weight is 629 g/mol. The Balaban J connectivity index is -0.000000101. The van der Waals surface area contributed by atoms with Gasteiger partial charge in [-0.3, -0.25) is 0 Å². The number of thiol groups is 1. The number of aromatic nitrogens is 2. The molecule has 11 heteroatoms. The van der Waals surface area contributed by atoms with Gasteiger partial charge in [0, 0.05) is 88.4 Å². The van der Waals surface area contributed by atoms with Crippen LogP contribution in [0.2, 0.25) is 0 Å². The van der Waals surface area contributed by atoms with Gasteiger partial charge in [0.1, 0.15) is 0 Å². The summed E-state index contributed by atoms with van der Waals surface area (Å²) in [6, 6.07) is 3.49. The molecule has 0 atom stereocenters. The van der Waals surface area contributed by atoms with Crippen LogP contribution in [0.1, 0.15) is 0 Å². The van der Waals surface area contributed by atoms with E-state index >= 15 is 0 Å². The van der Waals surface area contributed by atoms with Crippen molar-refractivity contribution in [3.05, 3.63) is 43.9 Å². The van der Waals surface area contributed by atoms with Crippen LogP contribution < -0.4 is 18.9 Å². The SMILES string of the molecule is COc1cc(Br)cnc1OC.COc1cc([S-])cnc1OC.[CH3-].[CH3-].[SH-].[Y].[Y].